The third kappa shape index (κ3) is 3.68. The molecule has 0 aromatic carbocycles. The van der Waals surface area contributed by atoms with Gasteiger partial charge in [-0.2, -0.15) is 13.2 Å². The molecule has 2 bridgehead atoms. The molecule has 4 rings (SSSR count). The molecule has 0 spiro atoms. The molecule has 8 heteroatoms. The molecule has 5 nitrogen and oxygen atoms in total. The van der Waals surface area contributed by atoms with Gasteiger partial charge in [0.1, 0.15) is 6.42 Å². The number of carbonyl (C=O) groups is 2. The lowest BCUT2D eigenvalue weighted by Gasteiger charge is -2.36. The zero-order chi connectivity index (χ0) is 17.3. The van der Waals surface area contributed by atoms with Gasteiger partial charge in [0, 0.05) is 43.6 Å². The first-order valence-corrected chi connectivity index (χ1v) is 7.89. The number of hydrogen-bond donors (Lipinski definition) is 0. The number of piperidine rings is 1. The molecule has 0 saturated carbocycles. The van der Waals surface area contributed by atoms with Gasteiger partial charge in [-0.15, -0.1) is 0 Å². The van der Waals surface area contributed by atoms with Gasteiger partial charge in [-0.1, -0.05) is 0 Å². The van der Waals surface area contributed by atoms with E-state index in [1.807, 2.05) is 0 Å². The first-order chi connectivity index (χ1) is 11.3. The van der Waals surface area contributed by atoms with E-state index in [0.29, 0.717) is 25.1 Å². The third-order valence-corrected chi connectivity index (χ3v) is 4.60. The van der Waals surface area contributed by atoms with Crippen LogP contribution in [0.15, 0.2) is 24.5 Å². The molecule has 1 aromatic heterocycles. The summed E-state index contributed by atoms with van der Waals surface area (Å²) in [6.45, 7) is 1.04. The van der Waals surface area contributed by atoms with E-state index in [4.69, 9.17) is 0 Å². The Morgan fingerprint density at radius 1 is 1.12 bits per heavy atom. The van der Waals surface area contributed by atoms with Gasteiger partial charge >= 0.3 is 6.18 Å². The van der Waals surface area contributed by atoms with E-state index in [-0.39, 0.29) is 24.4 Å². The number of carbonyl (C=O) groups excluding carboxylic acids is 2. The van der Waals surface area contributed by atoms with Crippen LogP contribution in [0.1, 0.15) is 29.6 Å². The fourth-order valence-corrected chi connectivity index (χ4v) is 3.50. The van der Waals surface area contributed by atoms with Crippen LogP contribution in [0.25, 0.3) is 0 Å². The first-order valence-electron chi connectivity index (χ1n) is 7.89. The average molecular weight is 341 g/mol. The van der Waals surface area contributed by atoms with E-state index in [1.165, 1.54) is 17.3 Å². The summed E-state index contributed by atoms with van der Waals surface area (Å²) in [4.78, 5) is 31.4. The third-order valence-electron chi connectivity index (χ3n) is 4.60. The Balaban J connectivity index is 1.74. The Kier molecular flexibility index (Phi) is 4.47. The summed E-state index contributed by atoms with van der Waals surface area (Å²) in [5.74, 6) is -1.04. The number of alkyl halides is 3. The Hall–Kier alpha value is -2.12. The van der Waals surface area contributed by atoms with Crippen molar-refractivity contribution in [1.82, 2.24) is 14.8 Å². The van der Waals surface area contributed by atoms with Crippen LogP contribution in [-0.4, -0.2) is 58.5 Å². The Morgan fingerprint density at radius 2 is 1.83 bits per heavy atom. The molecule has 24 heavy (non-hydrogen) atoms. The number of amides is 2. The number of fused-ring (bicyclic) bond motifs is 4. The van der Waals surface area contributed by atoms with Gasteiger partial charge in [0.25, 0.3) is 5.91 Å². The molecule has 130 valence electrons. The lowest BCUT2D eigenvalue weighted by Crippen LogP contribution is -2.48. The Morgan fingerprint density at radius 3 is 2.50 bits per heavy atom. The number of nitrogens with zero attached hydrogens (tertiary/aromatic N) is 3. The lowest BCUT2D eigenvalue weighted by atomic mass is 9.94. The quantitative estimate of drug-likeness (QED) is 0.828. The van der Waals surface area contributed by atoms with E-state index in [1.54, 1.807) is 17.0 Å². The van der Waals surface area contributed by atoms with Crippen LogP contribution in [0.4, 0.5) is 13.2 Å². The molecular formula is C16H18F3N3O2. The molecule has 0 N–H and O–H groups in total. The van der Waals surface area contributed by atoms with Crippen LogP contribution < -0.4 is 0 Å². The van der Waals surface area contributed by atoms with E-state index in [2.05, 4.69) is 4.98 Å². The molecule has 3 fully saturated rings. The van der Waals surface area contributed by atoms with Gasteiger partial charge in [-0.25, -0.2) is 0 Å². The minimum Gasteiger partial charge on any atom is -0.337 e. The topological polar surface area (TPSA) is 53.5 Å². The van der Waals surface area contributed by atoms with E-state index in [0.717, 1.165) is 6.42 Å². The van der Waals surface area contributed by atoms with Crippen molar-refractivity contribution in [2.24, 2.45) is 5.92 Å². The first kappa shape index (κ1) is 16.7. The van der Waals surface area contributed by atoms with Crippen molar-refractivity contribution >= 4 is 11.8 Å². The number of aromatic nitrogens is 1. The normalized spacial score (nSPS) is 24.0. The van der Waals surface area contributed by atoms with Crippen molar-refractivity contribution in [3.63, 3.8) is 0 Å². The van der Waals surface area contributed by atoms with Crippen molar-refractivity contribution in [2.45, 2.75) is 31.5 Å². The van der Waals surface area contributed by atoms with Crippen molar-refractivity contribution in [1.29, 1.82) is 0 Å². The summed E-state index contributed by atoms with van der Waals surface area (Å²) in [6, 6.07) is 2.88. The molecule has 0 radical (unpaired) electrons. The van der Waals surface area contributed by atoms with Crippen molar-refractivity contribution in [3.8, 4) is 0 Å². The maximum absolute atomic E-state index is 12.6. The predicted molar refractivity (Wildman–Crippen MR) is 79.0 cm³/mol. The van der Waals surface area contributed by atoms with E-state index >= 15 is 0 Å². The smallest absolute Gasteiger partial charge is 0.337 e. The minimum absolute atomic E-state index is 0.0201. The summed E-state index contributed by atoms with van der Waals surface area (Å²) in [5.41, 5.74) is 0.500. The van der Waals surface area contributed by atoms with Crippen LogP contribution in [0.3, 0.4) is 0 Å². The second-order valence-electron chi connectivity index (χ2n) is 6.38. The zero-order valence-corrected chi connectivity index (χ0v) is 13.0. The van der Waals surface area contributed by atoms with Crippen LogP contribution in [0, 0.1) is 5.92 Å². The lowest BCUT2D eigenvalue weighted by molar-refractivity contribution is -0.164. The van der Waals surface area contributed by atoms with Gasteiger partial charge in [0.15, 0.2) is 0 Å². The summed E-state index contributed by atoms with van der Waals surface area (Å²) in [7, 11) is 0. The van der Waals surface area contributed by atoms with Gasteiger partial charge in [-0.05, 0) is 30.9 Å². The second-order valence-corrected chi connectivity index (χ2v) is 6.38. The SMILES string of the molecule is O=C(c1ccncc1)N1C[C@@H]2CC[C@H](C1)N(C(=O)CC(F)(F)F)C2. The molecular weight excluding hydrogens is 323 g/mol. The molecule has 0 aliphatic carbocycles. The molecule has 1 aromatic rings. The Labute approximate surface area is 137 Å². The fourth-order valence-electron chi connectivity index (χ4n) is 3.50. The maximum Gasteiger partial charge on any atom is 0.397 e. The molecule has 0 unspecified atom stereocenters. The van der Waals surface area contributed by atoms with Gasteiger partial charge < -0.3 is 9.80 Å². The summed E-state index contributed by atoms with van der Waals surface area (Å²) in [6.07, 6.45) is -1.43. The summed E-state index contributed by atoms with van der Waals surface area (Å²) in [5, 5.41) is 0. The molecule has 2 atom stereocenters. The maximum atomic E-state index is 12.6. The van der Waals surface area contributed by atoms with Crippen LogP contribution in [-0.2, 0) is 4.79 Å². The number of halogens is 3. The van der Waals surface area contributed by atoms with Crippen molar-refractivity contribution in [2.75, 3.05) is 19.6 Å². The standard InChI is InChI=1S/C16H18F3N3O2/c17-16(18,19)7-14(23)22-9-11-1-2-13(22)10-21(8-11)15(24)12-3-5-20-6-4-12/h3-6,11,13H,1-2,7-10H2/t11-,13+/m0/s1. The number of hydrogen-bond acceptors (Lipinski definition) is 3. The molecule has 3 aliphatic rings. The van der Waals surface area contributed by atoms with Crippen molar-refractivity contribution in [3.05, 3.63) is 30.1 Å². The highest BCUT2D eigenvalue weighted by Gasteiger charge is 2.41. The number of pyridine rings is 1. The molecule has 2 amide bonds. The Bertz CT molecular complexity index is 621. The second kappa shape index (κ2) is 6.41. The number of rotatable bonds is 2. The fraction of sp³-hybridized carbons (Fsp3) is 0.562. The van der Waals surface area contributed by atoms with Crippen LogP contribution in [0.2, 0.25) is 0 Å². The van der Waals surface area contributed by atoms with E-state index < -0.39 is 18.5 Å². The summed E-state index contributed by atoms with van der Waals surface area (Å²) >= 11 is 0. The highest BCUT2D eigenvalue weighted by molar-refractivity contribution is 5.94. The van der Waals surface area contributed by atoms with Crippen LogP contribution >= 0.6 is 0 Å². The predicted octanol–water partition coefficient (Wildman–Crippen LogP) is 2.10. The average Bonchev–Trinajstić information content (AvgIpc) is 2.85. The van der Waals surface area contributed by atoms with Crippen LogP contribution in [0.5, 0.6) is 0 Å². The monoisotopic (exact) mass is 341 g/mol. The van der Waals surface area contributed by atoms with Crippen molar-refractivity contribution < 1.29 is 22.8 Å². The van der Waals surface area contributed by atoms with E-state index in [9.17, 15) is 22.8 Å². The van der Waals surface area contributed by atoms with Gasteiger partial charge in [-0.3, -0.25) is 14.6 Å². The summed E-state index contributed by atoms with van der Waals surface area (Å²) < 4.78 is 37.5. The molecule has 4 heterocycles. The largest absolute Gasteiger partial charge is 0.397 e. The molecule has 3 saturated heterocycles. The zero-order valence-electron chi connectivity index (χ0n) is 13.0. The molecule has 3 aliphatic heterocycles. The highest BCUT2D eigenvalue weighted by Crippen LogP contribution is 2.31. The minimum atomic E-state index is -4.50. The highest BCUT2D eigenvalue weighted by atomic mass is 19.4. The van der Waals surface area contributed by atoms with Gasteiger partial charge in [0.05, 0.1) is 0 Å². The van der Waals surface area contributed by atoms with Gasteiger partial charge in [0.2, 0.25) is 5.91 Å².